The Bertz CT molecular complexity index is 687. The molecule has 0 spiro atoms. The van der Waals surface area contributed by atoms with E-state index in [0.717, 1.165) is 17.4 Å². The van der Waals surface area contributed by atoms with Gasteiger partial charge in [-0.15, -0.1) is 0 Å². The Morgan fingerprint density at radius 1 is 0.842 bits per heavy atom. The number of nitrogens with zero attached hydrogens (tertiary/aromatic N) is 1. The minimum atomic E-state index is 0.324. The van der Waals surface area contributed by atoms with Gasteiger partial charge in [0, 0.05) is 11.1 Å². The van der Waals surface area contributed by atoms with Gasteiger partial charge in [-0.25, -0.2) is 4.98 Å². The summed E-state index contributed by atoms with van der Waals surface area (Å²) in [6.07, 6.45) is 0.721. The topological polar surface area (TPSA) is 43.1 Å². The maximum Gasteiger partial charge on any atom is 0.227 e. The van der Waals surface area contributed by atoms with E-state index in [9.17, 15) is 4.79 Å². The Morgan fingerprint density at radius 2 is 1.42 bits per heavy atom. The van der Waals surface area contributed by atoms with Crippen molar-refractivity contribution in [2.45, 2.75) is 0 Å². The molecule has 92 valence electrons. The number of benzene rings is 2. The van der Waals surface area contributed by atoms with E-state index in [1.54, 1.807) is 0 Å². The third-order valence-corrected chi connectivity index (χ3v) is 2.82. The van der Waals surface area contributed by atoms with Gasteiger partial charge in [0.25, 0.3) is 0 Å². The van der Waals surface area contributed by atoms with Gasteiger partial charge in [0.1, 0.15) is 0 Å². The van der Waals surface area contributed by atoms with Crippen LogP contribution in [0.15, 0.2) is 65.1 Å². The van der Waals surface area contributed by atoms with Gasteiger partial charge in [0.2, 0.25) is 5.89 Å². The fourth-order valence-electron chi connectivity index (χ4n) is 1.91. The molecule has 0 saturated heterocycles. The van der Waals surface area contributed by atoms with E-state index in [0.29, 0.717) is 17.3 Å². The number of carbonyl (C=O) groups is 1. The summed E-state index contributed by atoms with van der Waals surface area (Å²) in [6, 6.07) is 19.0. The van der Waals surface area contributed by atoms with Crippen molar-refractivity contribution in [1.29, 1.82) is 0 Å². The van der Waals surface area contributed by atoms with Crippen LogP contribution in [0, 0.1) is 0 Å². The highest BCUT2D eigenvalue weighted by Gasteiger charge is 2.15. The summed E-state index contributed by atoms with van der Waals surface area (Å²) in [5.41, 5.74) is 2.03. The van der Waals surface area contributed by atoms with Crippen molar-refractivity contribution in [1.82, 2.24) is 4.98 Å². The number of rotatable bonds is 3. The van der Waals surface area contributed by atoms with E-state index in [2.05, 4.69) is 4.98 Å². The highest BCUT2D eigenvalue weighted by atomic mass is 16.4. The maximum absolute atomic E-state index is 11.1. The molecule has 1 heterocycles. The summed E-state index contributed by atoms with van der Waals surface area (Å²) in [6.45, 7) is 0. The van der Waals surface area contributed by atoms with E-state index >= 15 is 0 Å². The largest absolute Gasteiger partial charge is 0.435 e. The van der Waals surface area contributed by atoms with Crippen molar-refractivity contribution in [3.05, 3.63) is 66.4 Å². The van der Waals surface area contributed by atoms with Crippen LogP contribution in [-0.2, 0) is 0 Å². The van der Waals surface area contributed by atoms with Crippen molar-refractivity contribution in [2.75, 3.05) is 0 Å². The molecule has 3 heteroatoms. The Balaban J connectivity index is 2.12. The van der Waals surface area contributed by atoms with Crippen molar-refractivity contribution in [3.8, 4) is 22.8 Å². The fourth-order valence-corrected chi connectivity index (χ4v) is 1.91. The van der Waals surface area contributed by atoms with Gasteiger partial charge >= 0.3 is 0 Å². The molecule has 0 saturated carbocycles. The Kier molecular flexibility index (Phi) is 2.94. The van der Waals surface area contributed by atoms with Crippen LogP contribution in [0.25, 0.3) is 22.8 Å². The first-order valence-electron chi connectivity index (χ1n) is 5.95. The maximum atomic E-state index is 11.1. The van der Waals surface area contributed by atoms with E-state index < -0.39 is 0 Å². The van der Waals surface area contributed by atoms with Crippen molar-refractivity contribution in [2.24, 2.45) is 0 Å². The second-order valence-electron chi connectivity index (χ2n) is 4.08. The van der Waals surface area contributed by atoms with Crippen LogP contribution in [0.5, 0.6) is 0 Å². The molecule has 0 aliphatic carbocycles. The molecule has 3 rings (SSSR count). The van der Waals surface area contributed by atoms with E-state index in [-0.39, 0.29) is 0 Å². The molecular formula is C16H11NO2. The predicted octanol–water partition coefficient (Wildman–Crippen LogP) is 3.82. The molecule has 3 aromatic rings. The molecule has 3 nitrogen and oxygen atoms in total. The number of aldehydes is 1. The summed E-state index contributed by atoms with van der Waals surface area (Å²) >= 11 is 0. The van der Waals surface area contributed by atoms with Crippen molar-refractivity contribution < 1.29 is 9.21 Å². The van der Waals surface area contributed by atoms with Crippen LogP contribution in [0.4, 0.5) is 0 Å². The zero-order valence-electron chi connectivity index (χ0n) is 10.1. The molecule has 0 aliphatic rings. The number of hydrogen-bond acceptors (Lipinski definition) is 3. The predicted molar refractivity (Wildman–Crippen MR) is 72.8 cm³/mol. The molecule has 0 amide bonds. The quantitative estimate of drug-likeness (QED) is 0.663. The lowest BCUT2D eigenvalue weighted by Gasteiger charge is -1.96. The minimum Gasteiger partial charge on any atom is -0.435 e. The van der Waals surface area contributed by atoms with Gasteiger partial charge in [-0.3, -0.25) is 4.79 Å². The molecular weight excluding hydrogens is 238 g/mol. The molecule has 0 aliphatic heterocycles. The van der Waals surface area contributed by atoms with Crippen LogP contribution >= 0.6 is 0 Å². The van der Waals surface area contributed by atoms with Crippen LogP contribution in [0.2, 0.25) is 0 Å². The first-order valence-corrected chi connectivity index (χ1v) is 5.95. The summed E-state index contributed by atoms with van der Waals surface area (Å²) in [7, 11) is 0. The zero-order valence-corrected chi connectivity index (χ0v) is 10.1. The average molecular weight is 249 g/mol. The zero-order chi connectivity index (χ0) is 13.1. The van der Waals surface area contributed by atoms with E-state index in [4.69, 9.17) is 4.42 Å². The number of hydrogen-bond donors (Lipinski definition) is 0. The fraction of sp³-hybridized carbons (Fsp3) is 0. The third kappa shape index (κ3) is 2.18. The third-order valence-electron chi connectivity index (χ3n) is 2.82. The van der Waals surface area contributed by atoms with Crippen molar-refractivity contribution >= 4 is 6.29 Å². The summed E-state index contributed by atoms with van der Waals surface area (Å²) in [4.78, 5) is 15.4. The second-order valence-corrected chi connectivity index (χ2v) is 4.08. The number of oxazole rings is 1. The molecule has 0 radical (unpaired) electrons. The summed E-state index contributed by atoms with van der Waals surface area (Å²) in [5.74, 6) is 0.969. The van der Waals surface area contributed by atoms with Gasteiger partial charge in [-0.05, 0) is 12.1 Å². The van der Waals surface area contributed by atoms with E-state index in [1.807, 2.05) is 60.7 Å². The Hall–Kier alpha value is -2.68. The lowest BCUT2D eigenvalue weighted by molar-refractivity contribution is 0.112. The average Bonchev–Trinajstić information content (AvgIpc) is 2.93. The van der Waals surface area contributed by atoms with E-state index in [1.165, 1.54) is 0 Å². The highest BCUT2D eigenvalue weighted by molar-refractivity contribution is 5.83. The number of carbonyl (C=O) groups excluding carboxylic acids is 1. The smallest absolute Gasteiger partial charge is 0.227 e. The van der Waals surface area contributed by atoms with Gasteiger partial charge in [0.15, 0.2) is 17.7 Å². The molecule has 0 bridgehead atoms. The first-order chi connectivity index (χ1) is 9.38. The van der Waals surface area contributed by atoms with Gasteiger partial charge in [-0.2, -0.15) is 0 Å². The van der Waals surface area contributed by atoms with Crippen LogP contribution < -0.4 is 0 Å². The summed E-state index contributed by atoms with van der Waals surface area (Å²) in [5, 5.41) is 0. The summed E-state index contributed by atoms with van der Waals surface area (Å²) < 4.78 is 5.74. The Morgan fingerprint density at radius 3 is 2.00 bits per heavy atom. The normalized spacial score (nSPS) is 10.3. The highest BCUT2D eigenvalue weighted by Crippen LogP contribution is 2.28. The van der Waals surface area contributed by atoms with Crippen LogP contribution in [0.3, 0.4) is 0 Å². The SMILES string of the molecule is O=Cc1nc(-c2ccccc2)oc1-c1ccccc1. The molecule has 0 atom stereocenters. The monoisotopic (exact) mass is 249 g/mol. The number of aromatic nitrogens is 1. The standard InChI is InChI=1S/C16H11NO2/c18-11-14-15(12-7-3-1-4-8-12)19-16(17-14)13-9-5-2-6-10-13/h1-11H. The van der Waals surface area contributed by atoms with Gasteiger partial charge in [0.05, 0.1) is 0 Å². The molecule has 2 aromatic carbocycles. The molecule has 0 fully saturated rings. The van der Waals surface area contributed by atoms with Crippen LogP contribution in [-0.4, -0.2) is 11.3 Å². The lowest BCUT2D eigenvalue weighted by atomic mass is 10.1. The molecule has 19 heavy (non-hydrogen) atoms. The lowest BCUT2D eigenvalue weighted by Crippen LogP contribution is -1.83. The van der Waals surface area contributed by atoms with Gasteiger partial charge in [-0.1, -0.05) is 48.5 Å². The van der Waals surface area contributed by atoms with Gasteiger partial charge < -0.3 is 4.42 Å². The van der Waals surface area contributed by atoms with Crippen molar-refractivity contribution in [3.63, 3.8) is 0 Å². The Labute approximate surface area is 110 Å². The van der Waals surface area contributed by atoms with Crippen LogP contribution in [0.1, 0.15) is 10.5 Å². The second kappa shape index (κ2) is 4.90. The first kappa shape index (κ1) is 11.4. The minimum absolute atomic E-state index is 0.324. The molecule has 0 N–H and O–H groups in total. The molecule has 0 unspecified atom stereocenters. The molecule has 1 aromatic heterocycles.